The Kier molecular flexibility index (Phi) is 4.42. The summed E-state index contributed by atoms with van der Waals surface area (Å²) in [5.41, 5.74) is -0.439. The first-order valence-corrected chi connectivity index (χ1v) is 7.86. The number of carboxylic acid groups (broad SMARTS) is 1. The van der Waals surface area contributed by atoms with E-state index < -0.39 is 16.9 Å². The molecule has 5 heteroatoms. The van der Waals surface area contributed by atoms with Gasteiger partial charge >= 0.3 is 5.97 Å². The fourth-order valence-electron chi connectivity index (χ4n) is 2.81. The van der Waals surface area contributed by atoms with Crippen LogP contribution in [0.4, 0.5) is 0 Å². The average Bonchev–Trinajstić information content (AvgIpc) is 2.33. The number of hydrogen-bond acceptors (Lipinski definition) is 2. The molecule has 21 heavy (non-hydrogen) atoms. The summed E-state index contributed by atoms with van der Waals surface area (Å²) in [7, 11) is 0. The van der Waals surface area contributed by atoms with Crippen molar-refractivity contribution in [3.05, 3.63) is 34.3 Å². The maximum absolute atomic E-state index is 12.3. The van der Waals surface area contributed by atoms with Crippen molar-refractivity contribution in [3.8, 4) is 0 Å². The molecule has 114 valence electrons. The molecule has 0 atom stereocenters. The quantitative estimate of drug-likeness (QED) is 0.851. The first kappa shape index (κ1) is 16.0. The molecule has 1 aliphatic carbocycles. The van der Waals surface area contributed by atoms with E-state index in [0.717, 1.165) is 16.5 Å². The SMILES string of the molecule is CC(C)(NC(=O)CC1(C(=O)O)CCC1)c1ccccc1Br. The number of benzene rings is 1. The predicted octanol–water partition coefficient (Wildman–Crippen LogP) is 3.45. The number of carbonyl (C=O) groups is 2. The van der Waals surface area contributed by atoms with E-state index in [2.05, 4.69) is 21.2 Å². The number of carbonyl (C=O) groups excluding carboxylic acids is 1. The fraction of sp³-hybridized carbons (Fsp3) is 0.500. The molecule has 2 rings (SSSR count). The first-order chi connectivity index (χ1) is 9.77. The van der Waals surface area contributed by atoms with Crippen LogP contribution >= 0.6 is 15.9 Å². The Labute approximate surface area is 133 Å². The highest BCUT2D eigenvalue weighted by Gasteiger charge is 2.46. The molecule has 1 aliphatic rings. The second-order valence-corrected chi connectivity index (χ2v) is 7.12. The fourth-order valence-corrected chi connectivity index (χ4v) is 3.59. The minimum Gasteiger partial charge on any atom is -0.481 e. The van der Waals surface area contributed by atoms with Crippen molar-refractivity contribution in [3.63, 3.8) is 0 Å². The van der Waals surface area contributed by atoms with E-state index in [9.17, 15) is 14.7 Å². The van der Waals surface area contributed by atoms with Crippen LogP contribution in [0.25, 0.3) is 0 Å². The van der Waals surface area contributed by atoms with Gasteiger partial charge in [0, 0.05) is 10.9 Å². The van der Waals surface area contributed by atoms with Gasteiger partial charge in [0.2, 0.25) is 5.91 Å². The van der Waals surface area contributed by atoms with Crippen molar-refractivity contribution in [2.45, 2.75) is 45.1 Å². The molecule has 0 bridgehead atoms. The summed E-state index contributed by atoms with van der Waals surface area (Å²) in [6, 6.07) is 7.70. The molecule has 4 nitrogen and oxygen atoms in total. The van der Waals surface area contributed by atoms with Gasteiger partial charge in [-0.05, 0) is 38.3 Å². The van der Waals surface area contributed by atoms with Gasteiger partial charge in [0.1, 0.15) is 0 Å². The van der Waals surface area contributed by atoms with Crippen molar-refractivity contribution < 1.29 is 14.7 Å². The van der Waals surface area contributed by atoms with Gasteiger partial charge < -0.3 is 10.4 Å². The largest absolute Gasteiger partial charge is 0.481 e. The van der Waals surface area contributed by atoms with Crippen LogP contribution in [0, 0.1) is 5.41 Å². The maximum Gasteiger partial charge on any atom is 0.310 e. The van der Waals surface area contributed by atoms with Gasteiger partial charge in [-0.25, -0.2) is 0 Å². The third-order valence-electron chi connectivity index (χ3n) is 4.26. The van der Waals surface area contributed by atoms with Crippen LogP contribution in [0.2, 0.25) is 0 Å². The van der Waals surface area contributed by atoms with Crippen molar-refractivity contribution in [2.24, 2.45) is 5.41 Å². The number of aliphatic carboxylic acids is 1. The molecule has 1 saturated carbocycles. The molecule has 1 fully saturated rings. The van der Waals surface area contributed by atoms with Crippen molar-refractivity contribution >= 4 is 27.8 Å². The van der Waals surface area contributed by atoms with Crippen molar-refractivity contribution in [1.29, 1.82) is 0 Å². The van der Waals surface area contributed by atoms with E-state index in [4.69, 9.17) is 0 Å². The smallest absolute Gasteiger partial charge is 0.310 e. The standard InChI is InChI=1S/C16H20BrNO3/c1-15(2,11-6-3-4-7-12(11)17)18-13(19)10-16(14(20)21)8-5-9-16/h3-4,6-7H,5,8-10H2,1-2H3,(H,18,19)(H,20,21). The first-order valence-electron chi connectivity index (χ1n) is 7.06. The zero-order valence-electron chi connectivity index (χ0n) is 12.3. The van der Waals surface area contributed by atoms with E-state index in [-0.39, 0.29) is 12.3 Å². The zero-order chi connectivity index (χ0) is 15.7. The number of rotatable bonds is 5. The lowest BCUT2D eigenvalue weighted by Crippen LogP contribution is -2.47. The van der Waals surface area contributed by atoms with Crippen molar-refractivity contribution in [1.82, 2.24) is 5.32 Å². The molecule has 0 spiro atoms. The van der Waals surface area contributed by atoms with E-state index in [0.29, 0.717) is 12.8 Å². The number of halogens is 1. The molecule has 1 aromatic rings. The number of hydrogen-bond donors (Lipinski definition) is 2. The molecule has 0 radical (unpaired) electrons. The molecule has 0 heterocycles. The number of amides is 1. The van der Waals surface area contributed by atoms with Crippen LogP contribution in [0.15, 0.2) is 28.7 Å². The summed E-state index contributed by atoms with van der Waals surface area (Å²) in [6.45, 7) is 3.83. The minimum atomic E-state index is -0.859. The Balaban J connectivity index is 2.08. The second kappa shape index (κ2) is 5.79. The number of carboxylic acids is 1. The normalized spacial score (nSPS) is 16.9. The molecule has 2 N–H and O–H groups in total. The van der Waals surface area contributed by atoms with Crippen LogP contribution in [0.3, 0.4) is 0 Å². The summed E-state index contributed by atoms with van der Waals surface area (Å²) in [6.07, 6.45) is 2.11. The van der Waals surface area contributed by atoms with E-state index in [1.165, 1.54) is 0 Å². The van der Waals surface area contributed by atoms with Crippen LogP contribution in [-0.2, 0) is 15.1 Å². The van der Waals surface area contributed by atoms with Gasteiger partial charge in [-0.2, -0.15) is 0 Å². The summed E-state index contributed by atoms with van der Waals surface area (Å²) in [4.78, 5) is 23.6. The van der Waals surface area contributed by atoms with E-state index >= 15 is 0 Å². The average molecular weight is 354 g/mol. The van der Waals surface area contributed by atoms with Gasteiger partial charge in [0.05, 0.1) is 11.0 Å². The predicted molar refractivity (Wildman–Crippen MR) is 83.8 cm³/mol. The van der Waals surface area contributed by atoms with Crippen LogP contribution in [0.1, 0.15) is 45.1 Å². The second-order valence-electron chi connectivity index (χ2n) is 6.27. The highest BCUT2D eigenvalue weighted by Crippen LogP contribution is 2.44. The summed E-state index contributed by atoms with van der Waals surface area (Å²) < 4.78 is 0.923. The van der Waals surface area contributed by atoms with Crippen LogP contribution in [0.5, 0.6) is 0 Å². The lowest BCUT2D eigenvalue weighted by Gasteiger charge is -2.38. The molecule has 0 saturated heterocycles. The van der Waals surface area contributed by atoms with Crippen LogP contribution < -0.4 is 5.32 Å². The molecule has 0 aromatic heterocycles. The third kappa shape index (κ3) is 3.28. The Morgan fingerprint density at radius 2 is 1.95 bits per heavy atom. The van der Waals surface area contributed by atoms with Gasteiger partial charge in [-0.15, -0.1) is 0 Å². The minimum absolute atomic E-state index is 0.0518. The molecule has 1 amide bonds. The Morgan fingerprint density at radius 1 is 1.33 bits per heavy atom. The Hall–Kier alpha value is -1.36. The Bertz CT molecular complexity index is 564. The molecule has 0 aliphatic heterocycles. The van der Waals surface area contributed by atoms with Gasteiger partial charge in [0.25, 0.3) is 0 Å². The third-order valence-corrected chi connectivity index (χ3v) is 4.95. The van der Waals surface area contributed by atoms with E-state index in [1.54, 1.807) is 0 Å². The van der Waals surface area contributed by atoms with Crippen molar-refractivity contribution in [2.75, 3.05) is 0 Å². The summed E-state index contributed by atoms with van der Waals surface area (Å²) in [5.74, 6) is -1.07. The highest BCUT2D eigenvalue weighted by atomic mass is 79.9. The molecule has 0 unspecified atom stereocenters. The highest BCUT2D eigenvalue weighted by molar-refractivity contribution is 9.10. The maximum atomic E-state index is 12.3. The van der Waals surface area contributed by atoms with Crippen LogP contribution in [-0.4, -0.2) is 17.0 Å². The van der Waals surface area contributed by atoms with Gasteiger partial charge in [-0.3, -0.25) is 9.59 Å². The molecular formula is C16H20BrNO3. The topological polar surface area (TPSA) is 66.4 Å². The number of nitrogens with one attached hydrogen (secondary N) is 1. The lowest BCUT2D eigenvalue weighted by molar-refractivity contribution is -0.157. The van der Waals surface area contributed by atoms with Gasteiger partial charge in [-0.1, -0.05) is 40.5 Å². The summed E-state index contributed by atoms with van der Waals surface area (Å²) >= 11 is 3.49. The Morgan fingerprint density at radius 3 is 2.43 bits per heavy atom. The van der Waals surface area contributed by atoms with E-state index in [1.807, 2.05) is 38.1 Å². The van der Waals surface area contributed by atoms with Gasteiger partial charge in [0.15, 0.2) is 0 Å². The lowest BCUT2D eigenvalue weighted by atomic mass is 9.66. The molecular weight excluding hydrogens is 334 g/mol. The molecule has 1 aromatic carbocycles. The zero-order valence-corrected chi connectivity index (χ0v) is 13.9. The summed E-state index contributed by atoms with van der Waals surface area (Å²) in [5, 5.41) is 12.3. The monoisotopic (exact) mass is 353 g/mol.